The van der Waals surface area contributed by atoms with Gasteiger partial charge in [0.15, 0.2) is 0 Å². The van der Waals surface area contributed by atoms with Crippen LogP contribution in [-0.2, 0) is 9.59 Å². The molecular formula is C45H96O13. The number of carbonyl (C=O) groups is 2. The van der Waals surface area contributed by atoms with Gasteiger partial charge >= 0.3 is 11.9 Å². The monoisotopic (exact) mass is 845 g/mol. The van der Waals surface area contributed by atoms with E-state index in [-0.39, 0.29) is 39.6 Å². The van der Waals surface area contributed by atoms with Gasteiger partial charge in [-0.1, -0.05) is 194 Å². The maximum absolute atomic E-state index is 10.3. The minimum Gasteiger partial charge on any atom is -0.481 e. The first-order valence-electron chi connectivity index (χ1n) is 23.1. The summed E-state index contributed by atoms with van der Waals surface area (Å²) in [6, 6.07) is 0. The predicted octanol–water partition coefficient (Wildman–Crippen LogP) is 7.66. The summed E-state index contributed by atoms with van der Waals surface area (Å²) in [6.07, 6.45) is 37.5. The van der Waals surface area contributed by atoms with Crippen LogP contribution in [0.2, 0.25) is 0 Å². The summed E-state index contributed by atoms with van der Waals surface area (Å²) in [6.45, 7) is 2.35. The van der Waals surface area contributed by atoms with Crippen molar-refractivity contribution in [3.63, 3.8) is 0 Å². The van der Waals surface area contributed by atoms with Gasteiger partial charge in [-0.3, -0.25) is 9.59 Å². The van der Waals surface area contributed by atoms with Gasteiger partial charge in [0.05, 0.1) is 39.6 Å². The van der Waals surface area contributed by atoms with Crippen LogP contribution < -0.4 is 0 Å². The van der Waals surface area contributed by atoms with Crippen LogP contribution in [0.3, 0.4) is 0 Å². The van der Waals surface area contributed by atoms with Crippen LogP contribution in [0.5, 0.6) is 0 Å². The molecule has 0 aromatic rings. The Bertz CT molecular complexity index is 651. The van der Waals surface area contributed by atoms with Gasteiger partial charge in [0.1, 0.15) is 18.3 Å². The highest BCUT2D eigenvalue weighted by molar-refractivity contribution is 5.66. The van der Waals surface area contributed by atoms with Crippen molar-refractivity contribution in [1.29, 1.82) is 0 Å². The van der Waals surface area contributed by atoms with Crippen molar-refractivity contribution in [2.45, 2.75) is 238 Å². The molecule has 13 heteroatoms. The van der Waals surface area contributed by atoms with Crippen LogP contribution >= 0.6 is 0 Å². The molecule has 0 spiro atoms. The Balaban J connectivity index is -0.000000228. The van der Waals surface area contributed by atoms with E-state index in [9.17, 15) is 9.59 Å². The molecule has 0 aliphatic carbocycles. The van der Waals surface area contributed by atoms with E-state index in [1.54, 1.807) is 0 Å². The quantitative estimate of drug-likeness (QED) is 0.0267. The summed E-state index contributed by atoms with van der Waals surface area (Å²) < 4.78 is 0. The molecule has 0 aromatic carbocycles. The van der Waals surface area contributed by atoms with Gasteiger partial charge in [0.25, 0.3) is 0 Å². The Kier molecular flexibility index (Phi) is 70.5. The van der Waals surface area contributed by atoms with Crippen molar-refractivity contribution in [3.8, 4) is 0 Å². The van der Waals surface area contributed by atoms with Crippen LogP contribution in [0.4, 0.5) is 0 Å². The molecule has 0 saturated heterocycles. The van der Waals surface area contributed by atoms with Crippen molar-refractivity contribution >= 4 is 11.9 Å². The molecule has 0 amide bonds. The molecule has 0 heterocycles. The number of rotatable bonds is 38. The molecule has 0 atom stereocenters. The van der Waals surface area contributed by atoms with Gasteiger partial charge < -0.3 is 56.2 Å². The van der Waals surface area contributed by atoms with E-state index in [1.807, 2.05) is 0 Å². The summed E-state index contributed by atoms with van der Waals surface area (Å²) in [5, 5.41) is 89.1. The third-order valence-electron chi connectivity index (χ3n) is 9.25. The molecule has 0 radical (unpaired) electrons. The van der Waals surface area contributed by atoms with Crippen molar-refractivity contribution in [2.24, 2.45) is 0 Å². The highest BCUT2D eigenvalue weighted by Crippen LogP contribution is 2.15. The molecule has 0 aromatic heterocycles. The van der Waals surface area contributed by atoms with Crippen molar-refractivity contribution < 1.29 is 65.8 Å². The third-order valence-corrected chi connectivity index (χ3v) is 9.25. The second-order valence-corrected chi connectivity index (χ2v) is 15.2. The number of carboxylic acids is 2. The Morgan fingerprint density at radius 2 is 0.431 bits per heavy atom. The van der Waals surface area contributed by atoms with Crippen LogP contribution in [0, 0.1) is 0 Å². The fourth-order valence-electron chi connectivity index (χ4n) is 5.47. The van der Waals surface area contributed by atoms with Crippen LogP contribution in [0.25, 0.3) is 0 Å². The fraction of sp³-hybridized carbons (Fsp3) is 0.956. The number of aliphatic hydroxyl groups excluding tert-OH is 9. The number of hydrogen-bond donors (Lipinski definition) is 11. The SMILES string of the molecule is CCCCCCCCCCCCCCCCCC(=O)O.CCCCCCCCCCCCCCCCCC(=O)O.OCC(O)CO.OCC(O)CO.OCC(O)CO. The van der Waals surface area contributed by atoms with Gasteiger partial charge in [-0.25, -0.2) is 0 Å². The molecule has 0 rings (SSSR count). The first-order chi connectivity index (χ1) is 28.0. The lowest BCUT2D eigenvalue weighted by atomic mass is 10.0. The lowest BCUT2D eigenvalue weighted by molar-refractivity contribution is -0.138. The first kappa shape index (κ1) is 65.7. The molecular weight excluding hydrogens is 748 g/mol. The number of hydrogen-bond acceptors (Lipinski definition) is 11. The van der Waals surface area contributed by atoms with E-state index < -0.39 is 30.3 Å². The number of carboxylic acid groups (broad SMARTS) is 2. The molecule has 11 N–H and O–H groups in total. The standard InChI is InChI=1S/2C18H36O2.3C3H8O3/c2*1-2-3-4-5-6-7-8-9-10-11-12-13-14-15-16-17-18(19)20;3*4-1-3(6)2-5/h2*2-17H2,1H3,(H,19,20);3*3-6H,1-2H2. The van der Waals surface area contributed by atoms with E-state index in [1.165, 1.54) is 167 Å². The number of unbranched alkanes of at least 4 members (excludes halogenated alkanes) is 28. The topological polar surface area (TPSA) is 257 Å². The Labute approximate surface area is 354 Å². The molecule has 0 aliphatic rings. The van der Waals surface area contributed by atoms with Gasteiger partial charge in [0.2, 0.25) is 0 Å². The zero-order valence-corrected chi connectivity index (χ0v) is 37.3. The zero-order valence-electron chi connectivity index (χ0n) is 37.3. The smallest absolute Gasteiger partial charge is 0.303 e. The zero-order chi connectivity index (χ0) is 44.8. The normalized spacial score (nSPS) is 10.6. The van der Waals surface area contributed by atoms with E-state index >= 15 is 0 Å². The minimum atomic E-state index is -0.954. The van der Waals surface area contributed by atoms with Gasteiger partial charge in [0, 0.05) is 12.8 Å². The fourth-order valence-corrected chi connectivity index (χ4v) is 5.47. The summed E-state index contributed by atoms with van der Waals surface area (Å²) in [7, 11) is 0. The summed E-state index contributed by atoms with van der Waals surface area (Å²) in [4.78, 5) is 20.7. The van der Waals surface area contributed by atoms with E-state index in [4.69, 9.17) is 56.2 Å². The molecule has 13 nitrogen and oxygen atoms in total. The molecule has 0 unspecified atom stereocenters. The highest BCUT2D eigenvalue weighted by atomic mass is 16.4. The van der Waals surface area contributed by atoms with Gasteiger partial charge in [-0.05, 0) is 12.8 Å². The van der Waals surface area contributed by atoms with Gasteiger partial charge in [-0.15, -0.1) is 0 Å². The predicted molar refractivity (Wildman–Crippen MR) is 235 cm³/mol. The Morgan fingerprint density at radius 1 is 0.293 bits per heavy atom. The Morgan fingerprint density at radius 3 is 0.534 bits per heavy atom. The molecule has 0 aliphatic heterocycles. The van der Waals surface area contributed by atoms with Crippen molar-refractivity contribution in [1.82, 2.24) is 0 Å². The van der Waals surface area contributed by atoms with E-state index in [0.717, 1.165) is 25.7 Å². The largest absolute Gasteiger partial charge is 0.481 e. The number of aliphatic carboxylic acids is 2. The summed E-state index contributed by atoms with van der Waals surface area (Å²) in [5.74, 6) is -1.31. The van der Waals surface area contributed by atoms with Crippen LogP contribution in [0.1, 0.15) is 219 Å². The lowest BCUT2D eigenvalue weighted by Crippen LogP contribution is -2.15. The average molecular weight is 845 g/mol. The summed E-state index contributed by atoms with van der Waals surface area (Å²) >= 11 is 0. The second-order valence-electron chi connectivity index (χ2n) is 15.2. The maximum Gasteiger partial charge on any atom is 0.303 e. The Hall–Kier alpha value is -1.42. The molecule has 0 saturated carbocycles. The lowest BCUT2D eigenvalue weighted by Gasteiger charge is -2.03. The average Bonchev–Trinajstić information content (AvgIpc) is 3.23. The van der Waals surface area contributed by atoms with Crippen LogP contribution in [0.15, 0.2) is 0 Å². The minimum absolute atomic E-state index is 0.345. The van der Waals surface area contributed by atoms with E-state index in [2.05, 4.69) is 13.8 Å². The maximum atomic E-state index is 10.3. The second kappa shape index (κ2) is 62.2. The third kappa shape index (κ3) is 78.8. The van der Waals surface area contributed by atoms with Gasteiger partial charge in [-0.2, -0.15) is 0 Å². The molecule has 354 valence electrons. The molecule has 0 fully saturated rings. The first-order valence-corrected chi connectivity index (χ1v) is 23.1. The van der Waals surface area contributed by atoms with E-state index in [0.29, 0.717) is 12.8 Å². The highest BCUT2D eigenvalue weighted by Gasteiger charge is 1.99. The van der Waals surface area contributed by atoms with Crippen LogP contribution in [-0.4, -0.2) is 126 Å². The number of aliphatic hydroxyl groups is 9. The van der Waals surface area contributed by atoms with Crippen molar-refractivity contribution in [3.05, 3.63) is 0 Å². The summed E-state index contributed by atoms with van der Waals surface area (Å²) in [5.41, 5.74) is 0. The molecule has 0 bridgehead atoms. The van der Waals surface area contributed by atoms with Crippen molar-refractivity contribution in [2.75, 3.05) is 39.6 Å². The molecule has 58 heavy (non-hydrogen) atoms.